The van der Waals surface area contributed by atoms with E-state index in [1.165, 1.54) is 12.1 Å². The number of pyridine rings is 1. The Morgan fingerprint density at radius 2 is 1.88 bits per heavy atom. The molecule has 1 fully saturated rings. The smallest absolute Gasteiger partial charge is 0.189 e. The fraction of sp³-hybridized carbons (Fsp3) is 0.333. The van der Waals surface area contributed by atoms with E-state index in [2.05, 4.69) is 21.8 Å². The Labute approximate surface area is 153 Å². The molecule has 5 heteroatoms. The number of hydrogen-bond donors (Lipinski definition) is 0. The van der Waals surface area contributed by atoms with Gasteiger partial charge in [0.1, 0.15) is 11.6 Å². The van der Waals surface area contributed by atoms with E-state index in [4.69, 9.17) is 0 Å². The van der Waals surface area contributed by atoms with Crippen molar-refractivity contribution in [2.75, 3.05) is 38.1 Å². The van der Waals surface area contributed by atoms with Crippen LogP contribution in [0.25, 0.3) is 6.08 Å². The van der Waals surface area contributed by atoms with Crippen LogP contribution >= 0.6 is 0 Å². The average Bonchev–Trinajstić information content (AvgIpc) is 2.66. The van der Waals surface area contributed by atoms with Crippen molar-refractivity contribution in [3.8, 4) is 0 Å². The molecule has 134 valence electrons. The van der Waals surface area contributed by atoms with Gasteiger partial charge in [0.2, 0.25) is 0 Å². The number of piperazine rings is 1. The van der Waals surface area contributed by atoms with Gasteiger partial charge in [0, 0.05) is 43.5 Å². The van der Waals surface area contributed by atoms with E-state index in [0.29, 0.717) is 12.0 Å². The first-order valence-corrected chi connectivity index (χ1v) is 9.03. The molecule has 0 unspecified atom stereocenters. The Morgan fingerprint density at radius 1 is 1.08 bits per heavy atom. The minimum Gasteiger partial charge on any atom is -0.354 e. The van der Waals surface area contributed by atoms with Gasteiger partial charge in [-0.2, -0.15) is 0 Å². The normalized spacial score (nSPS) is 19.7. The molecule has 1 aliphatic heterocycles. The number of hydrogen-bond acceptors (Lipinski definition) is 4. The van der Waals surface area contributed by atoms with Crippen molar-refractivity contribution < 1.29 is 9.18 Å². The summed E-state index contributed by atoms with van der Waals surface area (Å²) < 4.78 is 13.5. The van der Waals surface area contributed by atoms with Gasteiger partial charge in [-0.05, 0) is 61.4 Å². The predicted octanol–water partition coefficient (Wildman–Crippen LogP) is 3.19. The molecule has 1 aromatic carbocycles. The number of allylic oxidation sites excluding steroid dienone is 1. The number of halogens is 1. The molecule has 0 bridgehead atoms. The highest BCUT2D eigenvalue weighted by Crippen LogP contribution is 2.27. The molecule has 4 rings (SSSR count). The summed E-state index contributed by atoms with van der Waals surface area (Å²) in [5, 5.41) is 0. The zero-order valence-electron chi connectivity index (χ0n) is 14.9. The van der Waals surface area contributed by atoms with Crippen LogP contribution in [0.15, 0.2) is 42.1 Å². The molecule has 2 heterocycles. The molecule has 1 aliphatic carbocycles. The molecule has 0 atom stereocenters. The number of likely N-dealkylation sites (N-methyl/N-ethyl adjacent to an activating group) is 1. The van der Waals surface area contributed by atoms with E-state index in [9.17, 15) is 9.18 Å². The second kappa shape index (κ2) is 7.00. The molecule has 2 aliphatic rings. The number of aromatic nitrogens is 1. The van der Waals surface area contributed by atoms with Gasteiger partial charge in [0.25, 0.3) is 0 Å². The van der Waals surface area contributed by atoms with Crippen LogP contribution < -0.4 is 4.90 Å². The van der Waals surface area contributed by atoms with E-state index < -0.39 is 0 Å². The van der Waals surface area contributed by atoms with Crippen LogP contribution in [0.2, 0.25) is 0 Å². The number of fused-ring (bicyclic) bond motifs is 1. The van der Waals surface area contributed by atoms with E-state index in [0.717, 1.165) is 55.1 Å². The molecule has 0 spiro atoms. The average molecular weight is 351 g/mol. The van der Waals surface area contributed by atoms with Crippen molar-refractivity contribution >= 4 is 17.7 Å². The fourth-order valence-corrected chi connectivity index (χ4v) is 3.58. The first kappa shape index (κ1) is 16.9. The summed E-state index contributed by atoms with van der Waals surface area (Å²) in [5.41, 5.74) is 3.05. The van der Waals surface area contributed by atoms with Crippen molar-refractivity contribution in [1.29, 1.82) is 0 Å². The number of ketones is 1. The van der Waals surface area contributed by atoms with Crippen LogP contribution in [0.1, 0.15) is 27.9 Å². The lowest BCUT2D eigenvalue weighted by Gasteiger charge is -2.33. The third-order valence-corrected chi connectivity index (χ3v) is 5.21. The Balaban J connectivity index is 1.52. The monoisotopic (exact) mass is 351 g/mol. The summed E-state index contributed by atoms with van der Waals surface area (Å²) in [7, 11) is 2.13. The fourth-order valence-electron chi connectivity index (χ4n) is 3.58. The van der Waals surface area contributed by atoms with Gasteiger partial charge < -0.3 is 9.80 Å². The summed E-state index contributed by atoms with van der Waals surface area (Å²) in [5.74, 6) is 0.535. The minimum atomic E-state index is -0.364. The van der Waals surface area contributed by atoms with E-state index in [1.807, 2.05) is 24.4 Å². The Morgan fingerprint density at radius 3 is 2.62 bits per heavy atom. The van der Waals surface area contributed by atoms with E-state index in [1.54, 1.807) is 6.07 Å². The van der Waals surface area contributed by atoms with Crippen molar-refractivity contribution in [2.45, 2.75) is 12.8 Å². The molecule has 0 saturated carbocycles. The molecule has 4 nitrogen and oxygen atoms in total. The Hall–Kier alpha value is -2.53. The SMILES string of the molecule is CN1CCN(c2ccc(/C=C3\CCc4ccc(F)cc4C3=O)cn2)CC1. The summed E-state index contributed by atoms with van der Waals surface area (Å²) >= 11 is 0. The summed E-state index contributed by atoms with van der Waals surface area (Å²) in [6, 6.07) is 8.49. The van der Waals surface area contributed by atoms with Gasteiger partial charge in [-0.25, -0.2) is 9.37 Å². The maximum absolute atomic E-state index is 13.5. The highest BCUT2D eigenvalue weighted by molar-refractivity contribution is 6.13. The Kier molecular flexibility index (Phi) is 4.55. The van der Waals surface area contributed by atoms with E-state index >= 15 is 0 Å². The zero-order valence-corrected chi connectivity index (χ0v) is 14.9. The number of anilines is 1. The topological polar surface area (TPSA) is 36.4 Å². The van der Waals surface area contributed by atoms with Crippen molar-refractivity contribution in [3.63, 3.8) is 0 Å². The van der Waals surface area contributed by atoms with Gasteiger partial charge in [-0.1, -0.05) is 6.07 Å². The lowest BCUT2D eigenvalue weighted by Crippen LogP contribution is -2.44. The third-order valence-electron chi connectivity index (χ3n) is 5.21. The van der Waals surface area contributed by atoms with Crippen LogP contribution in [-0.2, 0) is 6.42 Å². The highest BCUT2D eigenvalue weighted by atomic mass is 19.1. The van der Waals surface area contributed by atoms with Crippen LogP contribution in [0.3, 0.4) is 0 Å². The van der Waals surface area contributed by atoms with Gasteiger partial charge in [0.05, 0.1) is 0 Å². The first-order valence-electron chi connectivity index (χ1n) is 9.03. The number of carbonyl (C=O) groups excluding carboxylic acids is 1. The number of carbonyl (C=O) groups is 1. The molecule has 0 radical (unpaired) electrons. The molecule has 1 aromatic heterocycles. The van der Waals surface area contributed by atoms with Gasteiger partial charge in [-0.15, -0.1) is 0 Å². The maximum atomic E-state index is 13.5. The first-order chi connectivity index (χ1) is 12.6. The second-order valence-electron chi connectivity index (χ2n) is 7.04. The van der Waals surface area contributed by atoms with Gasteiger partial charge in [0.15, 0.2) is 5.78 Å². The standard InChI is InChI=1S/C21H22FN3O/c1-24-8-10-25(11-9-24)20-7-2-15(14-23-20)12-17-4-3-16-5-6-18(22)13-19(16)21(17)26/h2,5-7,12-14H,3-4,8-11H2,1H3/b17-12+. The quantitative estimate of drug-likeness (QED) is 0.779. The van der Waals surface area contributed by atoms with Crippen LogP contribution in [-0.4, -0.2) is 48.9 Å². The molecule has 0 N–H and O–H groups in total. The number of Topliss-reactive ketones (excluding diaryl/α,β-unsaturated/α-hetero) is 1. The highest BCUT2D eigenvalue weighted by Gasteiger charge is 2.22. The lowest BCUT2D eigenvalue weighted by atomic mass is 9.86. The number of aryl methyl sites for hydroxylation is 1. The summed E-state index contributed by atoms with van der Waals surface area (Å²) in [4.78, 5) is 21.8. The maximum Gasteiger partial charge on any atom is 0.189 e. The third kappa shape index (κ3) is 3.40. The second-order valence-corrected chi connectivity index (χ2v) is 7.04. The summed E-state index contributed by atoms with van der Waals surface area (Å²) in [6.45, 7) is 4.03. The number of benzene rings is 1. The zero-order chi connectivity index (χ0) is 18.1. The number of nitrogens with zero attached hydrogens (tertiary/aromatic N) is 3. The van der Waals surface area contributed by atoms with Crippen molar-refractivity contribution in [1.82, 2.24) is 9.88 Å². The molecule has 26 heavy (non-hydrogen) atoms. The van der Waals surface area contributed by atoms with Crippen LogP contribution in [0.4, 0.5) is 10.2 Å². The van der Waals surface area contributed by atoms with Gasteiger partial charge >= 0.3 is 0 Å². The van der Waals surface area contributed by atoms with Gasteiger partial charge in [-0.3, -0.25) is 4.79 Å². The summed E-state index contributed by atoms with van der Waals surface area (Å²) in [6.07, 6.45) is 5.14. The van der Waals surface area contributed by atoms with Crippen LogP contribution in [0, 0.1) is 5.82 Å². The van der Waals surface area contributed by atoms with Crippen molar-refractivity contribution in [3.05, 3.63) is 64.6 Å². The molecule has 1 saturated heterocycles. The lowest BCUT2D eigenvalue weighted by molar-refractivity contribution is 0.102. The largest absolute Gasteiger partial charge is 0.354 e. The molecular weight excluding hydrogens is 329 g/mol. The molecule has 0 amide bonds. The predicted molar refractivity (Wildman–Crippen MR) is 101 cm³/mol. The minimum absolute atomic E-state index is 0.0751. The Bertz CT molecular complexity index is 852. The van der Waals surface area contributed by atoms with Crippen LogP contribution in [0.5, 0.6) is 0 Å². The number of rotatable bonds is 2. The molecular formula is C21H22FN3O. The molecule has 2 aromatic rings. The van der Waals surface area contributed by atoms with Crippen molar-refractivity contribution in [2.24, 2.45) is 0 Å². The van der Waals surface area contributed by atoms with E-state index in [-0.39, 0.29) is 11.6 Å².